The third kappa shape index (κ3) is 3.30. The van der Waals surface area contributed by atoms with E-state index in [9.17, 15) is 9.59 Å². The number of likely N-dealkylation sites (tertiary alicyclic amines) is 1. The molecule has 1 aliphatic carbocycles. The quantitative estimate of drug-likeness (QED) is 0.711. The summed E-state index contributed by atoms with van der Waals surface area (Å²) in [5.41, 5.74) is 0.210. The molecule has 2 fully saturated rings. The van der Waals surface area contributed by atoms with Crippen LogP contribution in [0.15, 0.2) is 32.9 Å². The average Bonchev–Trinajstić information content (AvgIpc) is 3.10. The number of carbonyl (C=O) groups is 1. The van der Waals surface area contributed by atoms with Crippen LogP contribution in [-0.4, -0.2) is 43.8 Å². The summed E-state index contributed by atoms with van der Waals surface area (Å²) >= 11 is 1.52. The van der Waals surface area contributed by atoms with Gasteiger partial charge in [0.2, 0.25) is 0 Å². The summed E-state index contributed by atoms with van der Waals surface area (Å²) in [6.07, 6.45) is 4.72. The summed E-state index contributed by atoms with van der Waals surface area (Å²) in [5.74, 6) is 2.38. The molecule has 0 radical (unpaired) electrons. The van der Waals surface area contributed by atoms with E-state index in [1.54, 1.807) is 10.6 Å². The van der Waals surface area contributed by atoms with Gasteiger partial charge >= 0.3 is 5.69 Å². The summed E-state index contributed by atoms with van der Waals surface area (Å²) < 4.78 is 6.96. The van der Waals surface area contributed by atoms with Gasteiger partial charge in [0.15, 0.2) is 5.69 Å². The summed E-state index contributed by atoms with van der Waals surface area (Å²) in [5, 5.41) is 13.6. The molecule has 28 heavy (non-hydrogen) atoms. The lowest BCUT2D eigenvalue weighted by Gasteiger charge is -2.31. The SMILES string of the molecule is O=C(c1cc(C2CC2)on1)N1CCC(Cc2n[nH]c(=O)n2-c2cccs2)CC1. The van der Waals surface area contributed by atoms with Crippen LogP contribution in [0.25, 0.3) is 5.00 Å². The number of nitrogens with one attached hydrogen (secondary N) is 1. The minimum Gasteiger partial charge on any atom is -0.360 e. The van der Waals surface area contributed by atoms with E-state index in [-0.39, 0.29) is 11.6 Å². The van der Waals surface area contributed by atoms with Crippen LogP contribution in [0.4, 0.5) is 0 Å². The zero-order valence-electron chi connectivity index (χ0n) is 15.3. The van der Waals surface area contributed by atoms with Crippen molar-refractivity contribution < 1.29 is 9.32 Å². The first kappa shape index (κ1) is 17.4. The van der Waals surface area contributed by atoms with Crippen molar-refractivity contribution in [2.24, 2.45) is 5.92 Å². The van der Waals surface area contributed by atoms with E-state index in [4.69, 9.17) is 4.52 Å². The Morgan fingerprint density at radius 2 is 2.11 bits per heavy atom. The molecule has 0 spiro atoms. The van der Waals surface area contributed by atoms with Gasteiger partial charge in [0.1, 0.15) is 16.6 Å². The summed E-state index contributed by atoms with van der Waals surface area (Å²) in [4.78, 5) is 26.6. The van der Waals surface area contributed by atoms with E-state index < -0.39 is 0 Å². The number of hydrogen-bond acceptors (Lipinski definition) is 6. The first-order valence-corrected chi connectivity index (χ1v) is 10.5. The van der Waals surface area contributed by atoms with Crippen LogP contribution in [0, 0.1) is 5.92 Å². The van der Waals surface area contributed by atoms with E-state index >= 15 is 0 Å². The lowest BCUT2D eigenvalue weighted by atomic mass is 9.93. The molecule has 1 saturated carbocycles. The summed E-state index contributed by atoms with van der Waals surface area (Å²) in [7, 11) is 0. The zero-order valence-corrected chi connectivity index (χ0v) is 16.2. The molecule has 0 bridgehead atoms. The van der Waals surface area contributed by atoms with Gasteiger partial charge in [0, 0.05) is 31.5 Å². The number of thiophene rings is 1. The number of aromatic amines is 1. The van der Waals surface area contributed by atoms with Crippen LogP contribution in [0.1, 0.15) is 53.7 Å². The summed E-state index contributed by atoms with van der Waals surface area (Å²) in [6, 6.07) is 5.64. The van der Waals surface area contributed by atoms with Crippen LogP contribution < -0.4 is 5.69 Å². The van der Waals surface area contributed by atoms with Crippen molar-refractivity contribution in [2.45, 2.75) is 38.0 Å². The topological polar surface area (TPSA) is 97.0 Å². The highest BCUT2D eigenvalue weighted by Gasteiger charge is 2.31. The van der Waals surface area contributed by atoms with Crippen molar-refractivity contribution in [2.75, 3.05) is 13.1 Å². The van der Waals surface area contributed by atoms with Crippen LogP contribution in [0.2, 0.25) is 0 Å². The average molecular weight is 399 g/mol. The molecule has 1 amide bonds. The molecular formula is C19H21N5O3S. The second kappa shape index (κ2) is 7.05. The lowest BCUT2D eigenvalue weighted by molar-refractivity contribution is 0.0679. The van der Waals surface area contributed by atoms with E-state index in [0.29, 0.717) is 37.0 Å². The van der Waals surface area contributed by atoms with Gasteiger partial charge in [0.25, 0.3) is 5.91 Å². The number of amides is 1. The molecule has 9 heteroatoms. The highest BCUT2D eigenvalue weighted by atomic mass is 32.1. The highest BCUT2D eigenvalue weighted by Crippen LogP contribution is 2.40. The maximum Gasteiger partial charge on any atom is 0.348 e. The Morgan fingerprint density at radius 1 is 1.29 bits per heavy atom. The standard InChI is InChI=1S/C19H21N5O3S/c25-18(14-11-15(27-22-14)13-3-4-13)23-7-5-12(6-8-23)10-16-20-21-19(26)24(16)17-2-1-9-28-17/h1-2,9,11-13H,3-8,10H2,(H,21,26). The van der Waals surface area contributed by atoms with Crippen molar-refractivity contribution in [3.63, 3.8) is 0 Å². The molecule has 0 atom stereocenters. The number of piperidine rings is 1. The number of rotatable bonds is 5. The van der Waals surface area contributed by atoms with Gasteiger partial charge in [0.05, 0.1) is 0 Å². The van der Waals surface area contributed by atoms with E-state index in [1.807, 2.05) is 22.4 Å². The predicted molar refractivity (Wildman–Crippen MR) is 103 cm³/mol. The number of H-pyrrole nitrogens is 1. The largest absolute Gasteiger partial charge is 0.360 e. The maximum absolute atomic E-state index is 12.7. The molecule has 1 N–H and O–H groups in total. The molecule has 0 aromatic carbocycles. The lowest BCUT2D eigenvalue weighted by Crippen LogP contribution is -2.39. The Labute approximate surface area is 165 Å². The minimum absolute atomic E-state index is 0.0515. The van der Waals surface area contributed by atoms with Crippen LogP contribution in [-0.2, 0) is 6.42 Å². The Balaban J connectivity index is 1.22. The van der Waals surface area contributed by atoms with E-state index in [0.717, 1.165) is 42.3 Å². The smallest absolute Gasteiger partial charge is 0.348 e. The summed E-state index contributed by atoms with van der Waals surface area (Å²) in [6.45, 7) is 1.37. The van der Waals surface area contributed by atoms with Gasteiger partial charge in [-0.3, -0.25) is 4.79 Å². The third-order valence-electron chi connectivity index (χ3n) is 5.57. The van der Waals surface area contributed by atoms with Crippen LogP contribution in [0.3, 0.4) is 0 Å². The Hall–Kier alpha value is -2.68. The number of carbonyl (C=O) groups excluding carboxylic acids is 1. The fourth-order valence-corrected chi connectivity index (χ4v) is 4.55. The van der Waals surface area contributed by atoms with Gasteiger partial charge in [-0.05, 0) is 49.1 Å². The molecule has 2 aliphatic rings. The van der Waals surface area contributed by atoms with Gasteiger partial charge in [-0.1, -0.05) is 5.16 Å². The van der Waals surface area contributed by atoms with Gasteiger partial charge < -0.3 is 9.42 Å². The molecule has 0 unspecified atom stereocenters. The van der Waals surface area contributed by atoms with Crippen molar-refractivity contribution in [1.82, 2.24) is 24.8 Å². The molecule has 3 aromatic rings. The highest BCUT2D eigenvalue weighted by molar-refractivity contribution is 7.12. The number of hydrogen-bond donors (Lipinski definition) is 1. The maximum atomic E-state index is 12.7. The van der Waals surface area contributed by atoms with Gasteiger partial charge in [-0.25, -0.2) is 14.5 Å². The first-order chi connectivity index (χ1) is 13.7. The molecule has 1 saturated heterocycles. The fraction of sp³-hybridized carbons (Fsp3) is 0.474. The fourth-order valence-electron chi connectivity index (χ4n) is 3.80. The zero-order chi connectivity index (χ0) is 19.1. The van der Waals surface area contributed by atoms with Gasteiger partial charge in [-0.15, -0.1) is 11.3 Å². The number of nitrogens with zero attached hydrogens (tertiary/aromatic N) is 4. The second-order valence-electron chi connectivity index (χ2n) is 7.56. The van der Waals surface area contributed by atoms with Crippen molar-refractivity contribution in [3.05, 3.63) is 51.3 Å². The molecule has 3 aromatic heterocycles. The number of aromatic nitrogens is 4. The molecule has 146 valence electrons. The molecule has 8 nitrogen and oxygen atoms in total. The van der Waals surface area contributed by atoms with Crippen molar-refractivity contribution in [3.8, 4) is 5.00 Å². The monoisotopic (exact) mass is 399 g/mol. The van der Waals surface area contributed by atoms with Gasteiger partial charge in [-0.2, -0.15) is 5.10 Å². The first-order valence-electron chi connectivity index (χ1n) is 9.65. The van der Waals surface area contributed by atoms with E-state index in [1.165, 1.54) is 11.3 Å². The Bertz CT molecular complexity index is 1020. The second-order valence-corrected chi connectivity index (χ2v) is 8.49. The van der Waals surface area contributed by atoms with E-state index in [2.05, 4.69) is 15.4 Å². The molecular weight excluding hydrogens is 378 g/mol. The molecule has 5 rings (SSSR count). The third-order valence-corrected chi connectivity index (χ3v) is 6.42. The predicted octanol–water partition coefficient (Wildman–Crippen LogP) is 2.58. The molecule has 1 aliphatic heterocycles. The van der Waals surface area contributed by atoms with Crippen LogP contribution >= 0.6 is 11.3 Å². The van der Waals surface area contributed by atoms with Crippen molar-refractivity contribution in [1.29, 1.82) is 0 Å². The van der Waals surface area contributed by atoms with Crippen LogP contribution in [0.5, 0.6) is 0 Å². The normalized spacial score (nSPS) is 17.9. The van der Waals surface area contributed by atoms with Crippen molar-refractivity contribution >= 4 is 17.2 Å². The Morgan fingerprint density at radius 3 is 2.82 bits per heavy atom. The molecule has 4 heterocycles. The minimum atomic E-state index is -0.206. The Kier molecular flexibility index (Phi) is 4.38.